The Morgan fingerprint density at radius 3 is 2.19 bits per heavy atom. The number of ketones is 1. The van der Waals surface area contributed by atoms with Crippen LogP contribution < -0.4 is 20.1 Å². The molecule has 0 aliphatic rings. The van der Waals surface area contributed by atoms with Gasteiger partial charge >= 0.3 is 11.5 Å². The number of hydrogen-bond acceptors (Lipinski definition) is 7. The van der Waals surface area contributed by atoms with Gasteiger partial charge in [-0.3, -0.25) is 9.59 Å². The number of nitrogens with one attached hydrogen (secondary N) is 2. The molecular formula is C36H46ClF3N2O5S. The van der Waals surface area contributed by atoms with Gasteiger partial charge in [-0.25, -0.2) is 0 Å². The highest BCUT2D eigenvalue weighted by molar-refractivity contribution is 8.00. The average Bonchev–Trinajstić information content (AvgIpc) is 2.98. The SMILES string of the molecule is COc1cc(NCCC(C)(C)C(=O)O)cc(NC(C(C)=O)c2ccc(Cl)cc2OC)c1.Cc1cc(SC(F)(F)F)ccc1CCC(C)C. The van der Waals surface area contributed by atoms with E-state index >= 15 is 0 Å². The Labute approximate surface area is 290 Å². The number of anilines is 2. The van der Waals surface area contributed by atoms with Crippen LogP contribution in [-0.4, -0.2) is 43.1 Å². The van der Waals surface area contributed by atoms with Gasteiger partial charge in [-0.2, -0.15) is 13.2 Å². The summed E-state index contributed by atoms with van der Waals surface area (Å²) in [5.41, 5.74) is -0.876. The first-order chi connectivity index (χ1) is 22.3. The molecule has 7 nitrogen and oxygen atoms in total. The molecule has 0 heterocycles. The summed E-state index contributed by atoms with van der Waals surface area (Å²) in [5, 5.41) is 16.3. The Morgan fingerprint density at radius 1 is 0.979 bits per heavy atom. The molecule has 0 aromatic heterocycles. The van der Waals surface area contributed by atoms with Crippen molar-refractivity contribution < 1.29 is 37.3 Å². The Bertz CT molecular complexity index is 1530. The number of carboxylic acid groups (broad SMARTS) is 1. The largest absolute Gasteiger partial charge is 0.497 e. The summed E-state index contributed by atoms with van der Waals surface area (Å²) in [6.07, 6.45) is 2.44. The van der Waals surface area contributed by atoms with Crippen LogP contribution in [0.3, 0.4) is 0 Å². The van der Waals surface area contributed by atoms with E-state index in [4.69, 9.17) is 21.1 Å². The van der Waals surface area contributed by atoms with Crippen LogP contribution in [0, 0.1) is 18.3 Å². The third-order valence-electron chi connectivity index (χ3n) is 7.56. The summed E-state index contributed by atoms with van der Waals surface area (Å²) in [4.78, 5) is 24.0. The highest BCUT2D eigenvalue weighted by Crippen LogP contribution is 2.38. The predicted octanol–water partition coefficient (Wildman–Crippen LogP) is 10.2. The molecule has 0 bridgehead atoms. The second kappa shape index (κ2) is 18.3. The molecule has 0 spiro atoms. The molecule has 1 unspecified atom stereocenters. The molecule has 0 radical (unpaired) electrons. The summed E-state index contributed by atoms with van der Waals surface area (Å²) in [5.74, 6) is 0.774. The summed E-state index contributed by atoms with van der Waals surface area (Å²) in [6, 6.07) is 14.9. The lowest BCUT2D eigenvalue weighted by Crippen LogP contribution is -2.26. The highest BCUT2D eigenvalue weighted by Gasteiger charge is 2.29. The van der Waals surface area contributed by atoms with Crippen molar-refractivity contribution in [2.45, 2.75) is 77.3 Å². The number of aliphatic carboxylic acids is 1. The number of carbonyl (C=O) groups is 2. The van der Waals surface area contributed by atoms with E-state index in [9.17, 15) is 27.9 Å². The number of methoxy groups -OCH3 is 2. The summed E-state index contributed by atoms with van der Waals surface area (Å²) in [7, 11) is 3.08. The average molecular weight is 711 g/mol. The fourth-order valence-electron chi connectivity index (χ4n) is 4.61. The van der Waals surface area contributed by atoms with Gasteiger partial charge in [-0.05, 0) is 106 Å². The van der Waals surface area contributed by atoms with E-state index in [-0.39, 0.29) is 22.4 Å². The molecular weight excluding hydrogens is 665 g/mol. The van der Waals surface area contributed by atoms with Gasteiger partial charge in [-0.15, -0.1) is 0 Å². The van der Waals surface area contributed by atoms with Crippen molar-refractivity contribution in [2.24, 2.45) is 11.3 Å². The van der Waals surface area contributed by atoms with Crippen LogP contribution in [0.15, 0.2) is 59.5 Å². The number of halogens is 4. The number of benzene rings is 3. The molecule has 3 N–H and O–H groups in total. The first-order valence-corrected chi connectivity index (χ1v) is 16.7. The Balaban J connectivity index is 0.000000397. The van der Waals surface area contributed by atoms with Crippen LogP contribution in [0.1, 0.15) is 70.2 Å². The third-order valence-corrected chi connectivity index (χ3v) is 8.52. The number of carboxylic acids is 1. The molecule has 3 rings (SSSR count). The zero-order valence-electron chi connectivity index (χ0n) is 28.7. The van der Waals surface area contributed by atoms with Crippen molar-refractivity contribution in [3.05, 3.63) is 76.3 Å². The van der Waals surface area contributed by atoms with Gasteiger partial charge in [0.2, 0.25) is 0 Å². The van der Waals surface area contributed by atoms with Gasteiger partial charge in [0.05, 0.1) is 19.6 Å². The standard InChI is InChI=1S/C23H29ClN2O5.C13H17F3S/c1-14(27)21(19-7-6-15(24)10-20(19)31-5)26-17-11-16(12-18(13-17)30-4)25-9-8-23(2,3)22(28)29;1-9(2)4-5-11-6-7-12(8-10(11)3)17-13(14,15)16/h6-7,10-13,21,25-26H,8-9H2,1-5H3,(H,28,29);6-9H,4-5H2,1-3H3. The maximum atomic E-state index is 12.4. The fourth-order valence-corrected chi connectivity index (χ4v) is 5.41. The van der Waals surface area contributed by atoms with Crippen molar-refractivity contribution in [3.63, 3.8) is 0 Å². The van der Waals surface area contributed by atoms with Gasteiger partial charge < -0.3 is 25.2 Å². The lowest BCUT2D eigenvalue weighted by atomic mass is 9.90. The van der Waals surface area contributed by atoms with E-state index in [1.807, 2.05) is 25.1 Å². The van der Waals surface area contributed by atoms with Crippen LogP contribution >= 0.6 is 23.4 Å². The second-order valence-corrected chi connectivity index (χ2v) is 14.0. The Kier molecular flexibility index (Phi) is 15.4. The summed E-state index contributed by atoms with van der Waals surface area (Å²) < 4.78 is 47.4. The maximum Gasteiger partial charge on any atom is 0.446 e. The monoisotopic (exact) mass is 710 g/mol. The minimum absolute atomic E-state index is 0.0520. The van der Waals surface area contributed by atoms with Gasteiger partial charge in [0, 0.05) is 45.5 Å². The van der Waals surface area contributed by atoms with Gasteiger partial charge in [0.1, 0.15) is 17.5 Å². The predicted molar refractivity (Wildman–Crippen MR) is 189 cm³/mol. The Morgan fingerprint density at radius 2 is 1.65 bits per heavy atom. The molecule has 3 aromatic rings. The van der Waals surface area contributed by atoms with Crippen LogP contribution in [0.5, 0.6) is 11.5 Å². The summed E-state index contributed by atoms with van der Waals surface area (Å²) in [6.45, 7) is 11.5. The lowest BCUT2D eigenvalue weighted by Gasteiger charge is -2.22. The van der Waals surface area contributed by atoms with E-state index in [1.54, 1.807) is 57.4 Å². The molecule has 0 saturated heterocycles. The highest BCUT2D eigenvalue weighted by atomic mass is 35.5. The zero-order valence-corrected chi connectivity index (χ0v) is 30.3. The van der Waals surface area contributed by atoms with E-state index in [2.05, 4.69) is 24.5 Å². The molecule has 0 amide bonds. The Hall–Kier alpha value is -3.57. The normalized spacial score (nSPS) is 12.1. The van der Waals surface area contributed by atoms with E-state index in [0.717, 1.165) is 29.7 Å². The van der Waals surface area contributed by atoms with Crippen LogP contribution in [0.25, 0.3) is 0 Å². The van der Waals surface area contributed by atoms with E-state index < -0.39 is 22.9 Å². The minimum atomic E-state index is -4.20. The molecule has 1 atom stereocenters. The number of Topliss-reactive ketones (excluding diaryl/α,β-unsaturated/α-hetero) is 1. The maximum absolute atomic E-state index is 12.4. The zero-order chi connectivity index (χ0) is 36.2. The summed E-state index contributed by atoms with van der Waals surface area (Å²) >= 11 is 6.00. The van der Waals surface area contributed by atoms with Crippen molar-refractivity contribution in [2.75, 3.05) is 31.4 Å². The first-order valence-electron chi connectivity index (χ1n) is 15.5. The second-order valence-electron chi connectivity index (χ2n) is 12.5. The van der Waals surface area contributed by atoms with Crippen molar-refractivity contribution in [3.8, 4) is 11.5 Å². The van der Waals surface area contributed by atoms with Crippen molar-refractivity contribution in [1.29, 1.82) is 0 Å². The van der Waals surface area contributed by atoms with E-state index in [0.29, 0.717) is 46.7 Å². The quantitative estimate of drug-likeness (QED) is 0.134. The van der Waals surface area contributed by atoms with Crippen molar-refractivity contribution >= 4 is 46.5 Å². The van der Waals surface area contributed by atoms with Crippen molar-refractivity contribution in [1.82, 2.24) is 0 Å². The van der Waals surface area contributed by atoms with Gasteiger partial charge in [0.25, 0.3) is 0 Å². The van der Waals surface area contributed by atoms with E-state index in [1.165, 1.54) is 14.0 Å². The number of hydrogen-bond donors (Lipinski definition) is 3. The molecule has 48 heavy (non-hydrogen) atoms. The number of aryl methyl sites for hydroxylation is 2. The smallest absolute Gasteiger partial charge is 0.446 e. The molecule has 12 heteroatoms. The molecule has 3 aromatic carbocycles. The molecule has 0 fully saturated rings. The number of ether oxygens (including phenoxy) is 2. The number of alkyl halides is 3. The molecule has 0 aliphatic carbocycles. The minimum Gasteiger partial charge on any atom is -0.497 e. The topological polar surface area (TPSA) is 96.9 Å². The number of carbonyl (C=O) groups excluding carboxylic acids is 1. The first kappa shape index (κ1) is 40.6. The molecule has 0 saturated carbocycles. The number of rotatable bonds is 15. The lowest BCUT2D eigenvalue weighted by molar-refractivity contribution is -0.147. The molecule has 0 aliphatic heterocycles. The molecule has 264 valence electrons. The van der Waals surface area contributed by atoms with Crippen LogP contribution in [0.4, 0.5) is 24.5 Å². The third kappa shape index (κ3) is 13.5. The van der Waals surface area contributed by atoms with Crippen LogP contribution in [0.2, 0.25) is 5.02 Å². The fraction of sp³-hybridized carbons (Fsp3) is 0.444. The number of thioether (sulfide) groups is 1. The van der Waals surface area contributed by atoms with Gasteiger partial charge in [-0.1, -0.05) is 37.6 Å². The van der Waals surface area contributed by atoms with Crippen LogP contribution in [-0.2, 0) is 16.0 Å². The van der Waals surface area contributed by atoms with Gasteiger partial charge in [0.15, 0.2) is 5.78 Å².